The molecule has 2 rings (SSSR count). The Morgan fingerprint density at radius 3 is 2.65 bits per heavy atom. The summed E-state index contributed by atoms with van der Waals surface area (Å²) in [5.41, 5.74) is 1.48. The van der Waals surface area contributed by atoms with Crippen molar-refractivity contribution in [2.75, 3.05) is 7.05 Å². The van der Waals surface area contributed by atoms with Crippen LogP contribution in [0.3, 0.4) is 0 Å². The molecule has 110 valence electrons. The highest BCUT2D eigenvalue weighted by Gasteiger charge is 2.18. The summed E-state index contributed by atoms with van der Waals surface area (Å²) in [5.74, 6) is 0.632. The van der Waals surface area contributed by atoms with E-state index in [0.29, 0.717) is 22.2 Å². The summed E-state index contributed by atoms with van der Waals surface area (Å²) in [6, 6.07) is 3.43. The lowest BCUT2D eigenvalue weighted by Gasteiger charge is -2.04. The third kappa shape index (κ3) is 3.26. The molecule has 2 heterocycles. The summed E-state index contributed by atoms with van der Waals surface area (Å²) in [6.07, 6.45) is 0. The summed E-state index contributed by atoms with van der Waals surface area (Å²) >= 11 is 1.26. The molecule has 0 radical (unpaired) electrons. The molecule has 2 aromatic rings. The number of hydrogen-bond donors (Lipinski definition) is 2. The highest BCUT2D eigenvalue weighted by atomic mass is 32.2. The first-order valence-corrected chi connectivity index (χ1v) is 8.38. The molecule has 0 unspecified atom stereocenters. The van der Waals surface area contributed by atoms with Crippen LogP contribution in [-0.2, 0) is 23.1 Å². The molecule has 0 amide bonds. The lowest BCUT2D eigenvalue weighted by atomic mass is 10.2. The van der Waals surface area contributed by atoms with E-state index in [0.717, 1.165) is 10.4 Å². The van der Waals surface area contributed by atoms with Crippen LogP contribution >= 0.6 is 11.3 Å². The number of aromatic nitrogens is 1. The van der Waals surface area contributed by atoms with Gasteiger partial charge >= 0.3 is 0 Å². The smallest absolute Gasteiger partial charge is 0.250 e. The van der Waals surface area contributed by atoms with Crippen molar-refractivity contribution in [3.8, 4) is 0 Å². The highest BCUT2D eigenvalue weighted by Crippen LogP contribution is 2.22. The van der Waals surface area contributed by atoms with Crippen LogP contribution in [0.25, 0.3) is 0 Å². The van der Waals surface area contributed by atoms with Crippen LogP contribution in [0.2, 0.25) is 0 Å². The van der Waals surface area contributed by atoms with Gasteiger partial charge < -0.3 is 9.84 Å². The van der Waals surface area contributed by atoms with Crippen molar-refractivity contribution >= 4 is 21.4 Å². The zero-order valence-corrected chi connectivity index (χ0v) is 13.2. The third-order valence-electron chi connectivity index (χ3n) is 2.87. The maximum absolute atomic E-state index is 12.2. The van der Waals surface area contributed by atoms with E-state index >= 15 is 0 Å². The highest BCUT2D eigenvalue weighted by molar-refractivity contribution is 7.91. The molecule has 2 N–H and O–H groups in total. The van der Waals surface area contributed by atoms with Crippen molar-refractivity contribution in [2.45, 2.75) is 31.1 Å². The van der Waals surface area contributed by atoms with E-state index in [1.807, 2.05) is 13.1 Å². The van der Waals surface area contributed by atoms with Crippen LogP contribution in [0.15, 0.2) is 20.9 Å². The van der Waals surface area contributed by atoms with Crippen molar-refractivity contribution in [3.05, 3.63) is 34.0 Å². The van der Waals surface area contributed by atoms with Crippen molar-refractivity contribution in [1.29, 1.82) is 0 Å². The topological polar surface area (TPSA) is 84.2 Å². The minimum absolute atomic E-state index is 0.183. The Morgan fingerprint density at radius 1 is 1.30 bits per heavy atom. The zero-order valence-electron chi connectivity index (χ0n) is 11.6. The Hall–Kier alpha value is -1.22. The predicted octanol–water partition coefficient (Wildman–Crippen LogP) is 1.55. The molecule has 0 aromatic carbocycles. The summed E-state index contributed by atoms with van der Waals surface area (Å²) < 4.78 is 32.3. The van der Waals surface area contributed by atoms with E-state index in [1.54, 1.807) is 19.9 Å². The fourth-order valence-electron chi connectivity index (χ4n) is 1.76. The summed E-state index contributed by atoms with van der Waals surface area (Å²) in [6.45, 7) is 4.39. The average molecular weight is 315 g/mol. The van der Waals surface area contributed by atoms with Gasteiger partial charge in [-0.05, 0) is 33.0 Å². The van der Waals surface area contributed by atoms with Crippen LogP contribution in [0.5, 0.6) is 0 Å². The minimum atomic E-state index is -3.50. The molecule has 8 heteroatoms. The molecular weight excluding hydrogens is 298 g/mol. The van der Waals surface area contributed by atoms with Gasteiger partial charge in [0.15, 0.2) is 0 Å². The molecule has 2 aromatic heterocycles. The van der Waals surface area contributed by atoms with E-state index in [4.69, 9.17) is 4.52 Å². The Kier molecular flexibility index (Phi) is 4.59. The molecule has 0 aliphatic carbocycles. The second-order valence-corrected chi connectivity index (χ2v) is 7.54. The van der Waals surface area contributed by atoms with E-state index in [2.05, 4.69) is 15.2 Å². The lowest BCUT2D eigenvalue weighted by Crippen LogP contribution is -2.22. The molecule has 0 bridgehead atoms. The lowest BCUT2D eigenvalue weighted by molar-refractivity contribution is 0.392. The summed E-state index contributed by atoms with van der Waals surface area (Å²) in [5, 5.41) is 6.80. The number of rotatable bonds is 6. The standard InChI is InChI=1S/C12H17N3O3S2/c1-8-11(9(2)18-15-8)7-14-20(16,17)12-5-4-10(19-12)6-13-3/h4-5,13-14H,6-7H2,1-3H3. The SMILES string of the molecule is CNCc1ccc(S(=O)(=O)NCc2c(C)noc2C)s1. The van der Waals surface area contributed by atoms with E-state index in [-0.39, 0.29) is 6.54 Å². The van der Waals surface area contributed by atoms with Crippen LogP contribution in [-0.4, -0.2) is 20.6 Å². The number of hydrogen-bond acceptors (Lipinski definition) is 6. The molecule has 0 spiro atoms. The maximum atomic E-state index is 12.2. The van der Waals surface area contributed by atoms with Gasteiger partial charge in [-0.1, -0.05) is 5.16 Å². The quantitative estimate of drug-likeness (QED) is 0.845. The normalized spacial score (nSPS) is 11.9. The van der Waals surface area contributed by atoms with E-state index in [9.17, 15) is 8.42 Å². The first kappa shape index (κ1) is 15.2. The number of aryl methyl sites for hydroxylation is 2. The van der Waals surface area contributed by atoms with Crippen LogP contribution < -0.4 is 10.0 Å². The second-order valence-electron chi connectivity index (χ2n) is 4.38. The van der Waals surface area contributed by atoms with Crippen molar-refractivity contribution < 1.29 is 12.9 Å². The van der Waals surface area contributed by atoms with Gasteiger partial charge in [-0.25, -0.2) is 13.1 Å². The van der Waals surface area contributed by atoms with Crippen LogP contribution in [0, 0.1) is 13.8 Å². The molecule has 20 heavy (non-hydrogen) atoms. The molecule has 0 saturated carbocycles. The van der Waals surface area contributed by atoms with Crippen molar-refractivity contribution in [2.24, 2.45) is 0 Å². The molecule has 0 fully saturated rings. The first-order chi connectivity index (χ1) is 9.44. The predicted molar refractivity (Wildman–Crippen MR) is 77.1 cm³/mol. The monoisotopic (exact) mass is 315 g/mol. The third-order valence-corrected chi connectivity index (χ3v) is 5.85. The number of nitrogens with zero attached hydrogens (tertiary/aromatic N) is 1. The Labute approximate surface area is 122 Å². The number of thiophene rings is 1. The van der Waals surface area contributed by atoms with Gasteiger partial charge in [-0.2, -0.15) is 0 Å². The fraction of sp³-hybridized carbons (Fsp3) is 0.417. The van der Waals surface area contributed by atoms with Gasteiger partial charge in [0, 0.05) is 23.5 Å². The second kappa shape index (κ2) is 6.04. The molecule has 0 aliphatic rings. The Morgan fingerprint density at radius 2 is 2.05 bits per heavy atom. The summed E-state index contributed by atoms with van der Waals surface area (Å²) in [7, 11) is -1.67. The van der Waals surface area contributed by atoms with Crippen LogP contribution in [0.1, 0.15) is 21.9 Å². The Balaban J connectivity index is 2.11. The van der Waals surface area contributed by atoms with Gasteiger partial charge in [0.2, 0.25) is 10.0 Å². The van der Waals surface area contributed by atoms with Crippen molar-refractivity contribution in [3.63, 3.8) is 0 Å². The minimum Gasteiger partial charge on any atom is -0.361 e. The molecule has 0 atom stereocenters. The number of nitrogens with one attached hydrogen (secondary N) is 2. The molecule has 6 nitrogen and oxygen atoms in total. The van der Waals surface area contributed by atoms with Gasteiger partial charge in [0.05, 0.1) is 5.69 Å². The maximum Gasteiger partial charge on any atom is 0.250 e. The largest absolute Gasteiger partial charge is 0.361 e. The van der Waals surface area contributed by atoms with Gasteiger partial charge in [-0.15, -0.1) is 11.3 Å². The molecule has 0 saturated heterocycles. The average Bonchev–Trinajstić information content (AvgIpc) is 2.97. The van der Waals surface area contributed by atoms with E-state index in [1.165, 1.54) is 11.3 Å². The Bertz CT molecular complexity index is 669. The van der Waals surface area contributed by atoms with Gasteiger partial charge in [0.1, 0.15) is 9.97 Å². The molecular formula is C12H17N3O3S2. The van der Waals surface area contributed by atoms with Gasteiger partial charge in [-0.3, -0.25) is 0 Å². The first-order valence-electron chi connectivity index (χ1n) is 6.09. The number of sulfonamides is 1. The summed E-state index contributed by atoms with van der Waals surface area (Å²) in [4.78, 5) is 0.977. The van der Waals surface area contributed by atoms with Crippen LogP contribution in [0.4, 0.5) is 0 Å². The fourth-order valence-corrected chi connectivity index (χ4v) is 4.17. The van der Waals surface area contributed by atoms with E-state index < -0.39 is 10.0 Å². The molecule has 0 aliphatic heterocycles. The van der Waals surface area contributed by atoms with Crippen molar-refractivity contribution in [1.82, 2.24) is 15.2 Å². The zero-order chi connectivity index (χ0) is 14.8. The van der Waals surface area contributed by atoms with Gasteiger partial charge in [0.25, 0.3) is 0 Å².